The van der Waals surface area contributed by atoms with Crippen LogP contribution in [0.1, 0.15) is 21.9 Å². The zero-order valence-corrected chi connectivity index (χ0v) is 10.2. The van der Waals surface area contributed by atoms with Gasteiger partial charge in [0.2, 0.25) is 0 Å². The van der Waals surface area contributed by atoms with Crippen LogP contribution in [0.15, 0.2) is 16.1 Å². The summed E-state index contributed by atoms with van der Waals surface area (Å²) in [5.74, 6) is -0.448. The van der Waals surface area contributed by atoms with Crippen molar-refractivity contribution in [3.05, 3.63) is 28.7 Å². The van der Waals surface area contributed by atoms with Gasteiger partial charge in [0.1, 0.15) is 28.7 Å². The van der Waals surface area contributed by atoms with Crippen LogP contribution >= 0.6 is 0 Å². The van der Waals surface area contributed by atoms with E-state index in [0.29, 0.717) is 5.76 Å². The molecule has 6 heteroatoms. The number of rotatable bonds is 3. The Labute approximate surface area is 104 Å². The van der Waals surface area contributed by atoms with Gasteiger partial charge < -0.3 is 14.5 Å². The lowest BCUT2D eigenvalue weighted by molar-refractivity contribution is -0.116. The number of esters is 1. The van der Waals surface area contributed by atoms with Crippen molar-refractivity contribution in [3.8, 4) is 6.07 Å². The van der Waals surface area contributed by atoms with Crippen molar-refractivity contribution < 1.29 is 18.7 Å². The molecule has 0 saturated heterocycles. The second kappa shape index (κ2) is 5.68. The molecule has 1 aromatic rings. The molecule has 0 aliphatic heterocycles. The highest BCUT2D eigenvalue weighted by Gasteiger charge is 2.15. The third kappa shape index (κ3) is 2.77. The van der Waals surface area contributed by atoms with Crippen LogP contribution in [0, 0.1) is 18.3 Å². The molecule has 1 amide bonds. The van der Waals surface area contributed by atoms with E-state index in [4.69, 9.17) is 9.68 Å². The first kappa shape index (κ1) is 13.5. The van der Waals surface area contributed by atoms with E-state index >= 15 is 0 Å². The lowest BCUT2D eigenvalue weighted by Gasteiger charge is -1.94. The summed E-state index contributed by atoms with van der Waals surface area (Å²) in [7, 11) is 2.68. The minimum absolute atomic E-state index is 0.109. The number of likely N-dealkylation sites (N-methyl/N-ethyl adjacent to an activating group) is 1. The number of nitriles is 1. The van der Waals surface area contributed by atoms with E-state index < -0.39 is 11.9 Å². The van der Waals surface area contributed by atoms with Crippen molar-refractivity contribution in [2.24, 2.45) is 0 Å². The lowest BCUT2D eigenvalue weighted by Crippen LogP contribution is -2.19. The van der Waals surface area contributed by atoms with E-state index in [2.05, 4.69) is 10.1 Å². The second-order valence-electron chi connectivity index (χ2n) is 3.36. The van der Waals surface area contributed by atoms with Gasteiger partial charge in [0.15, 0.2) is 0 Å². The van der Waals surface area contributed by atoms with Crippen molar-refractivity contribution in [1.82, 2.24) is 5.32 Å². The number of furan rings is 1. The minimum atomic E-state index is -0.533. The van der Waals surface area contributed by atoms with Crippen LogP contribution in [0.25, 0.3) is 6.08 Å². The summed E-state index contributed by atoms with van der Waals surface area (Å²) in [6.07, 6.45) is 1.26. The van der Waals surface area contributed by atoms with Gasteiger partial charge in [0.05, 0.1) is 7.11 Å². The van der Waals surface area contributed by atoms with E-state index in [0.717, 1.165) is 0 Å². The zero-order chi connectivity index (χ0) is 13.7. The normalized spacial score (nSPS) is 10.7. The molecule has 0 bridgehead atoms. The van der Waals surface area contributed by atoms with Crippen LogP contribution in [-0.2, 0) is 9.53 Å². The second-order valence-corrected chi connectivity index (χ2v) is 3.36. The fourth-order valence-electron chi connectivity index (χ4n) is 1.31. The Hall–Kier alpha value is -2.55. The molecule has 18 heavy (non-hydrogen) atoms. The molecule has 0 aliphatic carbocycles. The van der Waals surface area contributed by atoms with Gasteiger partial charge in [-0.05, 0) is 13.0 Å². The van der Waals surface area contributed by atoms with Gasteiger partial charge in [-0.1, -0.05) is 0 Å². The first-order valence-corrected chi connectivity index (χ1v) is 5.06. The van der Waals surface area contributed by atoms with Gasteiger partial charge in [0, 0.05) is 13.1 Å². The molecule has 1 aromatic heterocycles. The summed E-state index contributed by atoms with van der Waals surface area (Å²) >= 11 is 0. The molecule has 0 spiro atoms. The third-order valence-corrected chi connectivity index (χ3v) is 2.22. The number of carbonyl (C=O) groups is 2. The molecule has 1 N–H and O–H groups in total. The van der Waals surface area contributed by atoms with Gasteiger partial charge in [-0.3, -0.25) is 4.79 Å². The topological polar surface area (TPSA) is 92.3 Å². The number of nitrogens with one attached hydrogen (secondary N) is 1. The Balaban J connectivity index is 3.13. The van der Waals surface area contributed by atoms with Crippen molar-refractivity contribution in [2.75, 3.05) is 14.2 Å². The fourth-order valence-corrected chi connectivity index (χ4v) is 1.31. The zero-order valence-electron chi connectivity index (χ0n) is 10.2. The number of ether oxygens (including phenoxy) is 1. The average Bonchev–Trinajstić information content (AvgIpc) is 2.75. The predicted octanol–water partition coefficient (Wildman–Crippen LogP) is 1.03. The molecule has 1 heterocycles. The van der Waals surface area contributed by atoms with Crippen LogP contribution < -0.4 is 5.32 Å². The van der Waals surface area contributed by atoms with Crippen molar-refractivity contribution in [1.29, 1.82) is 5.26 Å². The van der Waals surface area contributed by atoms with E-state index in [1.807, 2.05) is 0 Å². The van der Waals surface area contributed by atoms with Crippen molar-refractivity contribution >= 4 is 18.0 Å². The molecule has 0 fully saturated rings. The Morgan fingerprint density at radius 1 is 1.56 bits per heavy atom. The van der Waals surface area contributed by atoms with Crippen LogP contribution in [0.2, 0.25) is 0 Å². The molecule has 0 aromatic carbocycles. The first-order chi connectivity index (χ1) is 8.53. The SMILES string of the molecule is CNC(=O)/C(C#N)=C/c1cc(C(=O)OC)c(C)o1. The molecule has 0 atom stereocenters. The Morgan fingerprint density at radius 3 is 2.72 bits per heavy atom. The molecule has 0 unspecified atom stereocenters. The summed E-state index contributed by atoms with van der Waals surface area (Å²) in [5.41, 5.74) is 0.153. The summed E-state index contributed by atoms with van der Waals surface area (Å²) < 4.78 is 9.82. The Morgan fingerprint density at radius 2 is 2.22 bits per heavy atom. The standard InChI is InChI=1S/C12H12N2O4/c1-7-10(12(16)17-3)5-9(18-7)4-8(6-13)11(15)14-2/h4-5H,1-3H3,(H,14,15)/b8-4+. The van der Waals surface area contributed by atoms with Gasteiger partial charge in [-0.15, -0.1) is 0 Å². The Kier molecular flexibility index (Phi) is 4.27. The molecule has 0 saturated carbocycles. The highest BCUT2D eigenvalue weighted by atomic mass is 16.5. The van der Waals surface area contributed by atoms with Crippen LogP contribution in [0.4, 0.5) is 0 Å². The van der Waals surface area contributed by atoms with Crippen LogP contribution in [-0.4, -0.2) is 26.0 Å². The summed E-state index contributed by atoms with van der Waals surface area (Å²) in [6, 6.07) is 3.16. The van der Waals surface area contributed by atoms with Crippen molar-refractivity contribution in [3.63, 3.8) is 0 Å². The van der Waals surface area contributed by atoms with E-state index in [1.54, 1.807) is 13.0 Å². The highest BCUT2D eigenvalue weighted by molar-refractivity contribution is 6.01. The summed E-state index contributed by atoms with van der Waals surface area (Å²) in [5, 5.41) is 11.1. The van der Waals surface area contributed by atoms with Crippen LogP contribution in [0.3, 0.4) is 0 Å². The number of nitrogens with zero attached hydrogens (tertiary/aromatic N) is 1. The number of methoxy groups -OCH3 is 1. The number of aryl methyl sites for hydroxylation is 1. The number of hydrogen-bond donors (Lipinski definition) is 1. The maximum absolute atomic E-state index is 11.3. The van der Waals surface area contributed by atoms with Crippen LogP contribution in [0.5, 0.6) is 0 Å². The fraction of sp³-hybridized carbons (Fsp3) is 0.250. The van der Waals surface area contributed by atoms with Gasteiger partial charge in [-0.25, -0.2) is 4.79 Å². The molecule has 94 valence electrons. The summed E-state index contributed by atoms with van der Waals surface area (Å²) in [6.45, 7) is 1.59. The number of hydrogen-bond acceptors (Lipinski definition) is 5. The predicted molar refractivity (Wildman–Crippen MR) is 62.4 cm³/mol. The first-order valence-electron chi connectivity index (χ1n) is 5.06. The molecular formula is C12H12N2O4. The third-order valence-electron chi connectivity index (χ3n) is 2.22. The monoisotopic (exact) mass is 248 g/mol. The highest BCUT2D eigenvalue weighted by Crippen LogP contribution is 2.18. The smallest absolute Gasteiger partial charge is 0.341 e. The number of amides is 1. The lowest BCUT2D eigenvalue weighted by atomic mass is 10.2. The number of carbonyl (C=O) groups excluding carboxylic acids is 2. The van der Waals surface area contributed by atoms with E-state index in [-0.39, 0.29) is 16.9 Å². The minimum Gasteiger partial charge on any atom is -0.465 e. The average molecular weight is 248 g/mol. The molecular weight excluding hydrogens is 236 g/mol. The quantitative estimate of drug-likeness (QED) is 0.490. The molecule has 0 aliphatic rings. The van der Waals surface area contributed by atoms with Gasteiger partial charge >= 0.3 is 5.97 Å². The summed E-state index contributed by atoms with van der Waals surface area (Å²) in [4.78, 5) is 22.6. The maximum Gasteiger partial charge on any atom is 0.341 e. The Bertz CT molecular complexity index is 549. The van der Waals surface area contributed by atoms with Gasteiger partial charge in [-0.2, -0.15) is 5.26 Å². The van der Waals surface area contributed by atoms with Gasteiger partial charge in [0.25, 0.3) is 5.91 Å². The van der Waals surface area contributed by atoms with E-state index in [9.17, 15) is 9.59 Å². The molecule has 6 nitrogen and oxygen atoms in total. The van der Waals surface area contributed by atoms with E-state index in [1.165, 1.54) is 26.3 Å². The largest absolute Gasteiger partial charge is 0.465 e. The maximum atomic E-state index is 11.3. The van der Waals surface area contributed by atoms with Crippen molar-refractivity contribution in [2.45, 2.75) is 6.92 Å². The molecule has 0 radical (unpaired) electrons. The molecule has 1 rings (SSSR count).